The Morgan fingerprint density at radius 1 is 0.452 bits per heavy atom. The zero-order valence-corrected chi connectivity index (χ0v) is 88.1. The standard InChI is InChI=1S/C25H21N2.C24H17N2.C19H13N2.C18H14N.C15H10N.2C12H10N.C5H8O2.CH4.3Ir/c1-15-10-11-21-20(12-15)19-9-5-8-18-13-26-14-22(27(21)25(26)24(18)19)23-16(2)6-4-7-17(23)3;1-3-11-19-17(8-1)10-7-15-21(19)26-23-14-6-5-13-22(23)25-16-18-9-2-4-12-20(18)24(25)26;1-2-8-16(9-3-1)19-20-13-14-21(19)18-12-6-10-15-7-4-5-11-17(15)18;1-18(2)14-8-4-3-7-13(14)17-16-12(10-11-19-17)6-5-9-15(16)18;1-2-7-13(8-3-1)15-14-9-5-4-6-12(14)10-11-16-15;1-2-6-11-10(5-1)9-13-8-4-3-7-12(11)13;1-10-7-8-12(13-9-10)11-5-3-2-4-6-11;1-4(6)3-5(2)7;;;;/h4-12,14H,13H2,1-3H3;1-15H,16H2;1-8,10-14H;3-6,8-11H,1-2H3;1-7,9-11H;1-8H,9H2;2-5,7-9H,1H3;3,6H,1-2H3;1H4;;;/q2*+1;3*-1;+1;-1;;;;;/i;;;;;1D,2D,3D,4D,5D,6D,7D,8D;;;;;;. The number of nitrogens with zero attached hydrogens (tertiary/aromatic N) is 10. The number of aliphatic hydroxyl groups excluding tert-OH is 1. The molecule has 1 N–H and O–H groups in total. The van der Waals surface area contributed by atoms with Crippen LogP contribution in [0.3, 0.4) is 0 Å². The SMILES string of the molecule is C.CC(=O)C=C(C)O.CC1(C)c2ccc[c-]c2-c2nccc3cccc1c23.Cc1ccc(-c2[c-]cccc2)nc1.Cc1ccc2c(c1)c1cccc3c1c1n2c(-c2c(C)cccc2C)c[n+]1C3.[2H]c1c([2H])c([2H])c2c(c1[2H])C[n+]1c([2H])c([2H])c([2H])c([2H])c1-2.[Ir].[Ir].[Ir].[c-]1ccccc1-c1nccc2ccccc12.[c-]1ccccc1-c1nccn1-c1cccc2ccccc12.c1ccc2c(c1)C[n+]1c-2n(-c2cccc3ccccc23)c2ccccc21. The minimum Gasteiger partial charge on any atom is -0.512 e. The maximum Gasteiger partial charge on any atom is 0.295 e. The predicted octanol–water partition coefficient (Wildman–Crippen LogP) is 29.6. The zero-order valence-electron chi connectivity index (χ0n) is 88.9. The van der Waals surface area contributed by atoms with Gasteiger partial charge in [0.25, 0.3) is 11.5 Å². The Hall–Kier alpha value is -15.8. The van der Waals surface area contributed by atoms with Crippen molar-refractivity contribution >= 4 is 87.2 Å². The van der Waals surface area contributed by atoms with Crippen LogP contribution in [-0.4, -0.2) is 44.4 Å². The van der Waals surface area contributed by atoms with Crippen LogP contribution in [0.2, 0.25) is 0 Å². The van der Waals surface area contributed by atoms with Crippen LogP contribution in [0.5, 0.6) is 0 Å². The average Bonchev–Trinajstić information content (AvgIpc) is 1.53. The number of para-hydroxylation sites is 2. The smallest absolute Gasteiger partial charge is 0.295 e. The Morgan fingerprint density at radius 3 is 1.74 bits per heavy atom. The van der Waals surface area contributed by atoms with Gasteiger partial charge in [0.1, 0.15) is 31.9 Å². The fourth-order valence-corrected chi connectivity index (χ4v) is 20.0. The predicted molar refractivity (Wildman–Crippen MR) is 585 cm³/mol. The monoisotopic (exact) mass is 2440 g/mol. The first-order chi connectivity index (χ1) is 72.9. The van der Waals surface area contributed by atoms with Gasteiger partial charge < -0.3 is 24.6 Å². The minimum absolute atomic E-state index is 0. The van der Waals surface area contributed by atoms with Crippen molar-refractivity contribution in [1.82, 2.24) is 33.5 Å². The molecule has 11 heterocycles. The second kappa shape index (κ2) is 45.0. The molecule has 3 radical (unpaired) electrons. The Bertz CT molecular complexity index is 9340. The third kappa shape index (κ3) is 20.4. The molecule has 146 heavy (non-hydrogen) atoms. The summed E-state index contributed by atoms with van der Waals surface area (Å²) in [4.78, 5) is 27.9. The number of hydrogen-bond acceptors (Lipinski definition) is 6. The van der Waals surface area contributed by atoms with Crippen LogP contribution >= 0.6 is 0 Å². The van der Waals surface area contributed by atoms with Crippen LogP contribution < -0.4 is 13.7 Å². The maximum absolute atomic E-state index is 10.0. The van der Waals surface area contributed by atoms with E-state index in [1.165, 1.54) is 179 Å². The zero-order chi connectivity index (χ0) is 104. The topological polar surface area (TPSA) is 115 Å². The van der Waals surface area contributed by atoms with Crippen molar-refractivity contribution in [2.75, 3.05) is 0 Å². The van der Waals surface area contributed by atoms with Crippen LogP contribution in [0.4, 0.5) is 0 Å². The number of ketones is 1. The number of carbonyl (C=O) groups is 1. The molecule has 1 aliphatic carbocycles. The quantitative estimate of drug-likeness (QED) is 0.0559. The first kappa shape index (κ1) is 91.4. The normalized spacial score (nSPS) is 12.6. The van der Waals surface area contributed by atoms with Gasteiger partial charge in [0, 0.05) is 159 Å². The van der Waals surface area contributed by atoms with Crippen LogP contribution in [0, 0.1) is 52.0 Å². The second-order valence-corrected chi connectivity index (χ2v) is 36.2. The molecule has 12 nitrogen and oxygen atoms in total. The Labute approximate surface area is 904 Å². The van der Waals surface area contributed by atoms with E-state index in [0.717, 1.165) is 63.9 Å². The van der Waals surface area contributed by atoms with Gasteiger partial charge in [-0.15, -0.1) is 143 Å². The molecule has 0 fully saturated rings. The molecule has 4 aliphatic rings. The largest absolute Gasteiger partial charge is 0.512 e. The summed E-state index contributed by atoms with van der Waals surface area (Å²) in [5.74, 6) is 2.12. The van der Waals surface area contributed by atoms with E-state index >= 15 is 0 Å². The van der Waals surface area contributed by atoms with E-state index < -0.39 is 12.1 Å². The number of fused-ring (bicyclic) bond motifs is 16. The maximum atomic E-state index is 10.0. The first-order valence-electron chi connectivity index (χ1n) is 51.5. The molecular weight excluding hydrogens is 2320 g/mol. The number of hydrogen-bond donors (Lipinski definition) is 1. The fraction of sp³-hybridized carbons (Fsp3) is 0.0992. The fourth-order valence-electron chi connectivity index (χ4n) is 20.0. The summed E-state index contributed by atoms with van der Waals surface area (Å²) in [5, 5.41) is 22.4. The van der Waals surface area contributed by atoms with Crippen LogP contribution in [0.15, 0.2) is 443 Å². The number of rotatable bonds is 7. The van der Waals surface area contributed by atoms with Crippen molar-refractivity contribution in [2.24, 2.45) is 0 Å². The van der Waals surface area contributed by atoms with Gasteiger partial charge in [-0.25, -0.2) is 9.13 Å². The number of aryl methyl sites for hydroxylation is 4. The number of carbonyl (C=O) groups excluding carboxylic acids is 1. The van der Waals surface area contributed by atoms with Gasteiger partial charge in [-0.05, 0) is 185 Å². The van der Waals surface area contributed by atoms with E-state index in [1.54, 1.807) is 0 Å². The minimum atomic E-state index is -0.411. The van der Waals surface area contributed by atoms with Crippen LogP contribution in [0.1, 0.15) is 96.2 Å². The van der Waals surface area contributed by atoms with E-state index in [1.807, 2.05) is 141 Å². The number of pyridine rings is 5. The molecule has 8 aromatic heterocycles. The van der Waals surface area contributed by atoms with E-state index in [9.17, 15) is 4.79 Å². The molecule has 16 aromatic carbocycles. The molecule has 0 saturated heterocycles. The van der Waals surface area contributed by atoms with Crippen molar-refractivity contribution in [3.63, 3.8) is 0 Å². The Kier molecular flexibility index (Phi) is 28.2. The van der Waals surface area contributed by atoms with E-state index in [4.69, 9.17) is 16.1 Å². The summed E-state index contributed by atoms with van der Waals surface area (Å²) < 4.78 is 75.8. The van der Waals surface area contributed by atoms with Crippen molar-refractivity contribution in [3.8, 4) is 90.4 Å². The molecule has 3 aliphatic heterocycles. The Morgan fingerprint density at radius 2 is 1.03 bits per heavy atom. The summed E-state index contributed by atoms with van der Waals surface area (Å²) in [6, 6.07) is 131. The number of imidazole rings is 3. The van der Waals surface area contributed by atoms with Gasteiger partial charge in [-0.1, -0.05) is 245 Å². The van der Waals surface area contributed by atoms with Crippen LogP contribution in [-0.2, 0) is 90.2 Å². The molecule has 24 aromatic rings. The molecule has 0 atom stereocenters. The van der Waals surface area contributed by atoms with Gasteiger partial charge in [-0.3, -0.25) is 9.78 Å². The van der Waals surface area contributed by atoms with Gasteiger partial charge in [0.15, 0.2) is 35.2 Å². The number of aromatic nitrogens is 10. The summed E-state index contributed by atoms with van der Waals surface area (Å²) in [6.45, 7) is 18.0. The molecular formula is C131H107Ir3N10O2-. The number of benzene rings is 16. The number of aliphatic hydroxyl groups is 1. The van der Waals surface area contributed by atoms with E-state index in [-0.39, 0.29) is 139 Å². The first-order valence-corrected chi connectivity index (χ1v) is 47.5. The van der Waals surface area contributed by atoms with E-state index in [2.05, 4.69) is 350 Å². The van der Waals surface area contributed by atoms with Crippen molar-refractivity contribution in [2.45, 2.75) is 87.9 Å². The average molecular weight is 2440 g/mol. The van der Waals surface area contributed by atoms with Gasteiger partial charge in [0.05, 0.1) is 37.7 Å². The van der Waals surface area contributed by atoms with Gasteiger partial charge in [-0.2, -0.15) is 13.5 Å². The summed E-state index contributed by atoms with van der Waals surface area (Å²) in [5.41, 5.74) is 30.0. The van der Waals surface area contributed by atoms with Gasteiger partial charge in [0.2, 0.25) is 5.69 Å². The summed E-state index contributed by atoms with van der Waals surface area (Å²) in [6.07, 6.45) is 12.7. The molecule has 0 spiro atoms. The van der Waals surface area contributed by atoms with Crippen LogP contribution in [0.25, 0.3) is 172 Å². The molecule has 0 amide bonds. The third-order valence-electron chi connectivity index (χ3n) is 26.4. The van der Waals surface area contributed by atoms with Crippen molar-refractivity contribution in [3.05, 3.63) is 518 Å². The molecule has 0 bridgehead atoms. The second-order valence-electron chi connectivity index (χ2n) is 36.2. The molecule has 0 saturated carbocycles. The van der Waals surface area contributed by atoms with Crippen molar-refractivity contribution < 1.29 is 94.9 Å². The van der Waals surface area contributed by atoms with E-state index in [0.29, 0.717) is 5.56 Å². The third-order valence-corrected chi connectivity index (χ3v) is 26.4. The summed E-state index contributed by atoms with van der Waals surface area (Å²) >= 11 is 0. The molecule has 28 rings (SSSR count). The van der Waals surface area contributed by atoms with Gasteiger partial charge >= 0.3 is 0 Å². The Balaban J connectivity index is 0.000000121. The molecule has 721 valence electrons. The molecule has 0 unspecified atom stereocenters. The molecule has 15 heteroatoms. The number of allylic oxidation sites excluding steroid dienone is 2. The van der Waals surface area contributed by atoms with Crippen molar-refractivity contribution in [1.29, 1.82) is 0 Å². The summed E-state index contributed by atoms with van der Waals surface area (Å²) in [7, 11) is 0.